The van der Waals surface area contributed by atoms with Gasteiger partial charge in [0.15, 0.2) is 17.2 Å². The minimum absolute atomic E-state index is 0.0328. The van der Waals surface area contributed by atoms with Crippen LogP contribution in [0.3, 0.4) is 0 Å². The summed E-state index contributed by atoms with van der Waals surface area (Å²) in [5.74, 6) is 1.19. The third-order valence-electron chi connectivity index (χ3n) is 5.03. The molecule has 0 bridgehead atoms. The number of ether oxygens (including phenoxy) is 4. The zero-order valence-electron chi connectivity index (χ0n) is 19.8. The van der Waals surface area contributed by atoms with Crippen molar-refractivity contribution in [3.8, 4) is 40.1 Å². The summed E-state index contributed by atoms with van der Waals surface area (Å²) in [5.41, 5.74) is 9.59. The maximum atomic E-state index is 13.1. The van der Waals surface area contributed by atoms with Crippen LogP contribution in [0.1, 0.15) is 16.1 Å². The second kappa shape index (κ2) is 10.4. The minimum Gasteiger partial charge on any atom is -0.497 e. The van der Waals surface area contributed by atoms with Gasteiger partial charge in [-0.05, 0) is 34.6 Å². The van der Waals surface area contributed by atoms with Gasteiger partial charge >= 0.3 is 0 Å². The lowest BCUT2D eigenvalue weighted by Crippen LogP contribution is -2.19. The first-order valence-corrected chi connectivity index (χ1v) is 10.3. The highest BCUT2D eigenvalue weighted by atomic mass is 16.6. The molecule has 14 heteroatoms. The largest absolute Gasteiger partial charge is 0.497 e. The van der Waals surface area contributed by atoms with E-state index in [0.29, 0.717) is 34.1 Å². The fourth-order valence-electron chi connectivity index (χ4n) is 3.39. The number of nitrogens with one attached hydrogen (secondary N) is 1. The van der Waals surface area contributed by atoms with Crippen molar-refractivity contribution >= 4 is 17.9 Å². The highest BCUT2D eigenvalue weighted by Crippen LogP contribution is 2.39. The van der Waals surface area contributed by atoms with Crippen molar-refractivity contribution in [3.63, 3.8) is 0 Å². The maximum Gasteiger partial charge on any atom is 0.294 e. The van der Waals surface area contributed by atoms with Gasteiger partial charge in [-0.1, -0.05) is 17.3 Å². The van der Waals surface area contributed by atoms with Crippen LogP contribution in [0.4, 0.5) is 5.82 Å². The van der Waals surface area contributed by atoms with Crippen LogP contribution < -0.4 is 30.1 Å². The van der Waals surface area contributed by atoms with E-state index in [1.54, 1.807) is 36.4 Å². The number of amides is 1. The second-order valence-corrected chi connectivity index (χ2v) is 7.03. The summed E-state index contributed by atoms with van der Waals surface area (Å²) < 4.78 is 27.3. The average Bonchev–Trinajstić information content (AvgIpc) is 3.54. The van der Waals surface area contributed by atoms with Crippen molar-refractivity contribution < 1.29 is 28.4 Å². The molecule has 0 fully saturated rings. The van der Waals surface area contributed by atoms with E-state index in [0.717, 1.165) is 0 Å². The molecule has 4 rings (SSSR count). The summed E-state index contributed by atoms with van der Waals surface area (Å²) >= 11 is 0. The zero-order valence-corrected chi connectivity index (χ0v) is 19.8. The zero-order chi connectivity index (χ0) is 25.7. The van der Waals surface area contributed by atoms with Crippen LogP contribution in [0.15, 0.2) is 46.1 Å². The number of methoxy groups -OCH3 is 4. The van der Waals surface area contributed by atoms with Gasteiger partial charge in [0.05, 0.1) is 34.7 Å². The Hall–Kier alpha value is -5.14. The SMILES string of the molecule is COc1cccc(-c2c(C(=O)NN=Cc3ccc(OC)c(OC)c3OC)nnn2-c2nonc2N)c1. The molecule has 2 aromatic carbocycles. The summed E-state index contributed by atoms with van der Waals surface area (Å²) in [5, 5.41) is 19.4. The lowest BCUT2D eigenvalue weighted by molar-refractivity contribution is 0.0950. The van der Waals surface area contributed by atoms with Crippen molar-refractivity contribution in [2.24, 2.45) is 5.10 Å². The Labute approximate surface area is 204 Å². The number of hydrogen-bond donors (Lipinski definition) is 2. The molecule has 0 unspecified atom stereocenters. The lowest BCUT2D eigenvalue weighted by atomic mass is 10.1. The molecule has 1 amide bonds. The predicted molar refractivity (Wildman–Crippen MR) is 127 cm³/mol. The minimum atomic E-state index is -0.648. The molecule has 0 atom stereocenters. The number of rotatable bonds is 9. The van der Waals surface area contributed by atoms with E-state index < -0.39 is 5.91 Å². The van der Waals surface area contributed by atoms with Crippen LogP contribution in [0, 0.1) is 0 Å². The van der Waals surface area contributed by atoms with E-state index in [4.69, 9.17) is 24.7 Å². The van der Waals surface area contributed by atoms with E-state index in [-0.39, 0.29) is 23.0 Å². The first-order valence-electron chi connectivity index (χ1n) is 10.3. The summed E-state index contributed by atoms with van der Waals surface area (Å²) in [6, 6.07) is 10.3. The first kappa shape index (κ1) is 24.0. The maximum absolute atomic E-state index is 13.1. The van der Waals surface area contributed by atoms with Gasteiger partial charge in [0.25, 0.3) is 5.91 Å². The number of carbonyl (C=O) groups is 1. The fourth-order valence-corrected chi connectivity index (χ4v) is 3.39. The van der Waals surface area contributed by atoms with Crippen LogP contribution in [-0.4, -0.2) is 65.9 Å². The number of anilines is 1. The molecule has 0 aliphatic rings. The first-order chi connectivity index (χ1) is 17.5. The van der Waals surface area contributed by atoms with Gasteiger partial charge in [0.2, 0.25) is 17.4 Å². The molecule has 36 heavy (non-hydrogen) atoms. The van der Waals surface area contributed by atoms with Crippen molar-refractivity contribution in [3.05, 3.63) is 47.7 Å². The quantitative estimate of drug-likeness (QED) is 0.256. The molecule has 0 spiro atoms. The molecule has 14 nitrogen and oxygen atoms in total. The molecule has 0 aliphatic heterocycles. The molecule has 0 saturated heterocycles. The van der Waals surface area contributed by atoms with E-state index in [2.05, 4.69) is 35.8 Å². The number of hydrazone groups is 1. The van der Waals surface area contributed by atoms with Crippen molar-refractivity contribution in [1.82, 2.24) is 30.7 Å². The van der Waals surface area contributed by atoms with Crippen LogP contribution in [-0.2, 0) is 0 Å². The van der Waals surface area contributed by atoms with Gasteiger partial charge in [-0.2, -0.15) is 9.78 Å². The molecule has 186 valence electrons. The molecule has 0 aliphatic carbocycles. The average molecular weight is 494 g/mol. The van der Waals surface area contributed by atoms with Gasteiger partial charge in [-0.3, -0.25) is 4.79 Å². The van der Waals surface area contributed by atoms with Gasteiger partial charge in [-0.15, -0.1) is 5.10 Å². The molecule has 2 heterocycles. The molecule has 2 aromatic heterocycles. The lowest BCUT2D eigenvalue weighted by Gasteiger charge is -2.13. The molecule has 0 radical (unpaired) electrons. The Bertz CT molecular complexity index is 1410. The van der Waals surface area contributed by atoms with Crippen LogP contribution in [0.2, 0.25) is 0 Å². The van der Waals surface area contributed by atoms with Crippen molar-refractivity contribution in [1.29, 1.82) is 0 Å². The second-order valence-electron chi connectivity index (χ2n) is 7.03. The van der Waals surface area contributed by atoms with Gasteiger partial charge < -0.3 is 24.7 Å². The van der Waals surface area contributed by atoms with Crippen LogP contribution in [0.25, 0.3) is 17.1 Å². The Morgan fingerprint density at radius 3 is 2.53 bits per heavy atom. The summed E-state index contributed by atoms with van der Waals surface area (Å²) in [6.07, 6.45) is 1.40. The van der Waals surface area contributed by atoms with Crippen molar-refractivity contribution in [2.75, 3.05) is 34.2 Å². The number of nitrogen functional groups attached to an aromatic ring is 1. The summed E-state index contributed by atoms with van der Waals surface area (Å²) in [4.78, 5) is 13.1. The fraction of sp³-hybridized carbons (Fsp3) is 0.182. The third-order valence-corrected chi connectivity index (χ3v) is 5.03. The third kappa shape index (κ3) is 4.46. The highest BCUT2D eigenvalue weighted by molar-refractivity contribution is 5.99. The summed E-state index contributed by atoms with van der Waals surface area (Å²) in [7, 11) is 6.01. The number of nitrogens with two attached hydrogens (primary N) is 1. The predicted octanol–water partition coefficient (Wildman–Crippen LogP) is 1.70. The Balaban J connectivity index is 1.69. The molecular weight excluding hydrogens is 472 g/mol. The van der Waals surface area contributed by atoms with Gasteiger partial charge in [0.1, 0.15) is 11.4 Å². The normalized spacial score (nSPS) is 10.9. The van der Waals surface area contributed by atoms with Crippen LogP contribution in [0.5, 0.6) is 23.0 Å². The van der Waals surface area contributed by atoms with E-state index in [9.17, 15) is 4.79 Å². The highest BCUT2D eigenvalue weighted by Gasteiger charge is 2.25. The number of aromatic nitrogens is 5. The number of carbonyl (C=O) groups excluding carboxylic acids is 1. The monoisotopic (exact) mass is 494 g/mol. The molecular formula is C22H22N8O6. The smallest absolute Gasteiger partial charge is 0.294 e. The standard InChI is InChI=1S/C22H22N8O6/c1-32-14-7-5-6-12(10-14)17-16(25-29-30(17)21-20(23)27-36-28-21)22(31)26-24-11-13-8-9-15(33-2)19(35-4)18(13)34-3/h5-11H,1-4H3,(H2,23,27)(H,26,31). The molecule has 4 aromatic rings. The van der Waals surface area contributed by atoms with Crippen LogP contribution >= 0.6 is 0 Å². The topological polar surface area (TPSA) is 174 Å². The number of hydrogen-bond acceptors (Lipinski definition) is 12. The van der Waals surface area contributed by atoms with Crippen molar-refractivity contribution in [2.45, 2.75) is 0 Å². The van der Waals surface area contributed by atoms with E-state index in [1.165, 1.54) is 39.3 Å². The number of benzene rings is 2. The van der Waals surface area contributed by atoms with Gasteiger partial charge in [-0.25, -0.2) is 10.1 Å². The Kier molecular flexibility index (Phi) is 6.95. The number of nitrogens with zero attached hydrogens (tertiary/aromatic N) is 6. The van der Waals surface area contributed by atoms with E-state index in [1.807, 2.05) is 0 Å². The van der Waals surface area contributed by atoms with E-state index >= 15 is 0 Å². The summed E-state index contributed by atoms with van der Waals surface area (Å²) in [6.45, 7) is 0. The molecule has 3 N–H and O–H groups in total. The van der Waals surface area contributed by atoms with Gasteiger partial charge in [0, 0.05) is 11.1 Å². The Morgan fingerprint density at radius 2 is 1.86 bits per heavy atom. The Morgan fingerprint density at radius 1 is 1.06 bits per heavy atom. The molecule has 0 saturated carbocycles.